The summed E-state index contributed by atoms with van der Waals surface area (Å²) in [6.07, 6.45) is 9.47. The van der Waals surface area contributed by atoms with Crippen LogP contribution in [-0.2, 0) is 0 Å². The average Bonchev–Trinajstić information content (AvgIpc) is 3.27. The van der Waals surface area contributed by atoms with Crippen LogP contribution < -0.4 is 4.90 Å². The number of aromatic nitrogens is 1. The standard InChI is InChI=1S/C34H26N2/c1-23-7-2-5-12-33(23)36(26-19-21-35-22-20-26)25-15-13-24(14-16-25)27-17-18-32-29-9-4-3-8-28(29)31-11-6-10-30(27)34(31)32/h2-10,12-22,31H,11H2,1H3. The van der Waals surface area contributed by atoms with Gasteiger partial charge in [0, 0.05) is 35.4 Å². The van der Waals surface area contributed by atoms with Gasteiger partial charge in [-0.2, -0.15) is 0 Å². The number of aryl methyl sites for hydroxylation is 1. The van der Waals surface area contributed by atoms with Gasteiger partial charge < -0.3 is 4.90 Å². The minimum Gasteiger partial charge on any atom is -0.310 e. The molecule has 2 aliphatic carbocycles. The first-order valence-corrected chi connectivity index (χ1v) is 12.6. The minimum atomic E-state index is 0.471. The zero-order chi connectivity index (χ0) is 24.1. The van der Waals surface area contributed by atoms with Gasteiger partial charge in [0.2, 0.25) is 0 Å². The van der Waals surface area contributed by atoms with Crippen molar-refractivity contribution in [2.75, 3.05) is 4.90 Å². The van der Waals surface area contributed by atoms with Crippen molar-refractivity contribution in [2.24, 2.45) is 0 Å². The number of hydrogen-bond acceptors (Lipinski definition) is 2. The van der Waals surface area contributed by atoms with Gasteiger partial charge in [0.25, 0.3) is 0 Å². The molecule has 7 rings (SSSR count). The number of hydrogen-bond donors (Lipinski definition) is 0. The minimum absolute atomic E-state index is 0.471. The lowest BCUT2D eigenvalue weighted by molar-refractivity contribution is 0.844. The summed E-state index contributed by atoms with van der Waals surface area (Å²) in [6.45, 7) is 2.16. The second kappa shape index (κ2) is 8.35. The summed E-state index contributed by atoms with van der Waals surface area (Å²) < 4.78 is 0. The van der Waals surface area contributed by atoms with Crippen molar-refractivity contribution < 1.29 is 0 Å². The van der Waals surface area contributed by atoms with E-state index in [1.165, 1.54) is 50.2 Å². The molecule has 172 valence electrons. The molecule has 0 saturated carbocycles. The van der Waals surface area contributed by atoms with Crippen LogP contribution >= 0.6 is 0 Å². The van der Waals surface area contributed by atoms with Crippen LogP contribution in [0.2, 0.25) is 0 Å². The first-order valence-electron chi connectivity index (χ1n) is 12.6. The van der Waals surface area contributed by atoms with Crippen LogP contribution in [-0.4, -0.2) is 4.98 Å². The fraction of sp³-hybridized carbons (Fsp3) is 0.0882. The molecule has 0 N–H and O–H groups in total. The second-order valence-electron chi connectivity index (χ2n) is 9.64. The Morgan fingerprint density at radius 3 is 2.25 bits per heavy atom. The normalized spacial score (nSPS) is 14.9. The van der Waals surface area contributed by atoms with Gasteiger partial charge in [-0.25, -0.2) is 0 Å². The van der Waals surface area contributed by atoms with E-state index < -0.39 is 0 Å². The van der Waals surface area contributed by atoms with Crippen molar-refractivity contribution in [3.05, 3.63) is 138 Å². The largest absolute Gasteiger partial charge is 0.310 e. The molecule has 0 radical (unpaired) electrons. The van der Waals surface area contributed by atoms with Gasteiger partial charge in [-0.3, -0.25) is 4.98 Å². The van der Waals surface area contributed by atoms with Crippen molar-refractivity contribution >= 4 is 23.1 Å². The molecule has 1 unspecified atom stereocenters. The molecule has 0 bridgehead atoms. The van der Waals surface area contributed by atoms with Gasteiger partial charge in [0.15, 0.2) is 0 Å². The summed E-state index contributed by atoms with van der Waals surface area (Å²) in [6, 6.07) is 35.2. The molecule has 2 heteroatoms. The molecule has 1 atom stereocenters. The Morgan fingerprint density at radius 2 is 1.42 bits per heavy atom. The smallest absolute Gasteiger partial charge is 0.0492 e. The molecule has 2 aliphatic rings. The first kappa shape index (κ1) is 20.9. The number of pyridine rings is 1. The quantitative estimate of drug-likeness (QED) is 0.265. The Morgan fingerprint density at radius 1 is 0.694 bits per heavy atom. The molecule has 1 heterocycles. The summed E-state index contributed by atoms with van der Waals surface area (Å²) in [5.41, 5.74) is 14.3. The van der Waals surface area contributed by atoms with Gasteiger partial charge in [-0.15, -0.1) is 0 Å². The van der Waals surface area contributed by atoms with E-state index in [-0.39, 0.29) is 0 Å². The fourth-order valence-corrected chi connectivity index (χ4v) is 5.97. The summed E-state index contributed by atoms with van der Waals surface area (Å²) >= 11 is 0. The first-order chi connectivity index (χ1) is 17.8. The monoisotopic (exact) mass is 462 g/mol. The van der Waals surface area contributed by atoms with Crippen molar-refractivity contribution in [3.8, 4) is 22.3 Å². The van der Waals surface area contributed by atoms with E-state index in [4.69, 9.17) is 0 Å². The molecular formula is C34H26N2. The number of para-hydroxylation sites is 1. The average molecular weight is 463 g/mol. The van der Waals surface area contributed by atoms with Crippen molar-refractivity contribution in [1.82, 2.24) is 4.98 Å². The third kappa shape index (κ3) is 3.22. The van der Waals surface area contributed by atoms with Crippen molar-refractivity contribution in [2.45, 2.75) is 19.3 Å². The maximum Gasteiger partial charge on any atom is 0.0492 e. The van der Waals surface area contributed by atoms with Crippen molar-refractivity contribution in [3.63, 3.8) is 0 Å². The number of rotatable bonds is 4. The summed E-state index contributed by atoms with van der Waals surface area (Å²) in [4.78, 5) is 6.54. The molecule has 4 aromatic carbocycles. The number of allylic oxidation sites excluding steroid dienone is 1. The highest BCUT2D eigenvalue weighted by molar-refractivity contribution is 5.90. The van der Waals surface area contributed by atoms with E-state index >= 15 is 0 Å². The fourth-order valence-electron chi connectivity index (χ4n) is 5.97. The van der Waals surface area contributed by atoms with Gasteiger partial charge in [0.1, 0.15) is 0 Å². The summed E-state index contributed by atoms with van der Waals surface area (Å²) in [7, 11) is 0. The van der Waals surface area contributed by atoms with E-state index in [0.717, 1.165) is 17.8 Å². The third-order valence-corrected chi connectivity index (χ3v) is 7.63. The highest BCUT2D eigenvalue weighted by atomic mass is 15.1. The molecule has 0 aliphatic heterocycles. The predicted molar refractivity (Wildman–Crippen MR) is 150 cm³/mol. The number of nitrogens with zero attached hydrogens (tertiary/aromatic N) is 2. The van der Waals surface area contributed by atoms with Gasteiger partial charge >= 0.3 is 0 Å². The van der Waals surface area contributed by atoms with Crippen LogP contribution in [0.15, 0.2) is 116 Å². The molecule has 5 aromatic rings. The lowest BCUT2D eigenvalue weighted by Crippen LogP contribution is -2.11. The van der Waals surface area contributed by atoms with Crippen LogP contribution in [0.5, 0.6) is 0 Å². The van der Waals surface area contributed by atoms with E-state index in [1.807, 2.05) is 12.4 Å². The molecule has 36 heavy (non-hydrogen) atoms. The highest BCUT2D eigenvalue weighted by Gasteiger charge is 2.32. The van der Waals surface area contributed by atoms with Gasteiger partial charge in [-0.05, 0) is 88.2 Å². The molecule has 2 nitrogen and oxygen atoms in total. The van der Waals surface area contributed by atoms with Gasteiger partial charge in [0.05, 0.1) is 0 Å². The van der Waals surface area contributed by atoms with Crippen LogP contribution in [0.1, 0.15) is 34.6 Å². The Kier molecular flexibility index (Phi) is 4.85. The molecule has 1 aromatic heterocycles. The Hall–Kier alpha value is -4.43. The van der Waals surface area contributed by atoms with Crippen LogP contribution in [0.25, 0.3) is 28.3 Å². The van der Waals surface area contributed by atoms with Crippen LogP contribution in [0.3, 0.4) is 0 Å². The van der Waals surface area contributed by atoms with Crippen molar-refractivity contribution in [1.29, 1.82) is 0 Å². The van der Waals surface area contributed by atoms with E-state index in [2.05, 4.69) is 126 Å². The molecule has 0 spiro atoms. The second-order valence-corrected chi connectivity index (χ2v) is 9.64. The van der Waals surface area contributed by atoms with E-state index in [1.54, 1.807) is 0 Å². The van der Waals surface area contributed by atoms with Crippen LogP contribution in [0, 0.1) is 6.92 Å². The number of fused-ring (bicyclic) bond motifs is 3. The van der Waals surface area contributed by atoms with E-state index in [0.29, 0.717) is 5.92 Å². The Labute approximate surface area is 212 Å². The predicted octanol–water partition coefficient (Wildman–Crippen LogP) is 9.06. The van der Waals surface area contributed by atoms with Crippen LogP contribution in [0.4, 0.5) is 17.1 Å². The SMILES string of the molecule is Cc1ccccc1N(c1ccncc1)c1ccc(-c2ccc3c4c2C=CCC4c2ccccc2-3)cc1. The Balaban J connectivity index is 1.32. The third-order valence-electron chi connectivity index (χ3n) is 7.63. The lowest BCUT2D eigenvalue weighted by atomic mass is 9.82. The number of benzene rings is 4. The topological polar surface area (TPSA) is 16.1 Å². The maximum absolute atomic E-state index is 4.23. The summed E-state index contributed by atoms with van der Waals surface area (Å²) in [5, 5.41) is 0. The molecule has 0 fully saturated rings. The lowest BCUT2D eigenvalue weighted by Gasteiger charge is -2.27. The maximum atomic E-state index is 4.23. The summed E-state index contributed by atoms with van der Waals surface area (Å²) in [5.74, 6) is 0.471. The molecule has 0 amide bonds. The Bertz CT molecular complexity index is 1610. The number of anilines is 3. The molecular weight excluding hydrogens is 436 g/mol. The highest BCUT2D eigenvalue weighted by Crippen LogP contribution is 2.52. The zero-order valence-electron chi connectivity index (χ0n) is 20.2. The van der Waals surface area contributed by atoms with E-state index in [9.17, 15) is 0 Å². The molecule has 0 saturated heterocycles. The van der Waals surface area contributed by atoms with Gasteiger partial charge in [-0.1, -0.05) is 78.9 Å². The zero-order valence-corrected chi connectivity index (χ0v) is 20.2.